The zero-order chi connectivity index (χ0) is 13.5. The van der Waals surface area contributed by atoms with E-state index < -0.39 is 0 Å². The van der Waals surface area contributed by atoms with E-state index >= 15 is 0 Å². The Hall–Kier alpha value is -2.56. The largest absolute Gasteiger partial charge is 0.473 e. The summed E-state index contributed by atoms with van der Waals surface area (Å²) >= 11 is 0. The molecule has 0 aliphatic rings. The molecule has 0 aliphatic carbocycles. The maximum Gasteiger partial charge on any atom is 0.213 e. The summed E-state index contributed by atoms with van der Waals surface area (Å²) in [5.74, 6) is 0.635. The molecule has 19 heavy (non-hydrogen) atoms. The summed E-state index contributed by atoms with van der Waals surface area (Å²) < 4.78 is 5.62. The van der Waals surface area contributed by atoms with Gasteiger partial charge in [-0.25, -0.2) is 9.98 Å². The van der Waals surface area contributed by atoms with Crippen molar-refractivity contribution < 1.29 is 4.74 Å². The van der Waals surface area contributed by atoms with E-state index in [0.29, 0.717) is 19.0 Å². The third-order valence-electron chi connectivity index (χ3n) is 2.47. The van der Waals surface area contributed by atoms with Gasteiger partial charge < -0.3 is 16.2 Å². The number of nitrogens with two attached hydrogens (primary N) is 2. The van der Waals surface area contributed by atoms with Crippen LogP contribution in [0.1, 0.15) is 11.1 Å². The second-order valence-electron chi connectivity index (χ2n) is 4.02. The summed E-state index contributed by atoms with van der Waals surface area (Å²) in [5, 5.41) is 0. The van der Waals surface area contributed by atoms with E-state index in [1.54, 1.807) is 6.20 Å². The third kappa shape index (κ3) is 4.31. The van der Waals surface area contributed by atoms with Crippen LogP contribution in [0.4, 0.5) is 0 Å². The standard InChI is InChI=1S/C14H16N4O/c15-14(16)18-9-12-6-7-17-13(8-12)19-10-11-4-2-1-3-5-11/h1-8H,9-10H2,(H4,15,16,18). The summed E-state index contributed by atoms with van der Waals surface area (Å²) in [7, 11) is 0. The summed E-state index contributed by atoms with van der Waals surface area (Å²) in [6, 6.07) is 13.6. The maximum atomic E-state index is 5.62. The minimum atomic E-state index is 0.0727. The average Bonchev–Trinajstić information content (AvgIpc) is 2.44. The highest BCUT2D eigenvalue weighted by atomic mass is 16.5. The fourth-order valence-electron chi connectivity index (χ4n) is 1.54. The third-order valence-corrected chi connectivity index (χ3v) is 2.47. The molecule has 5 heteroatoms. The molecule has 0 radical (unpaired) electrons. The molecule has 0 amide bonds. The molecule has 5 nitrogen and oxygen atoms in total. The van der Waals surface area contributed by atoms with Gasteiger partial charge in [0.05, 0.1) is 6.54 Å². The molecule has 0 bridgehead atoms. The molecule has 0 saturated heterocycles. The van der Waals surface area contributed by atoms with Crippen LogP contribution in [0.5, 0.6) is 5.88 Å². The molecular weight excluding hydrogens is 240 g/mol. The van der Waals surface area contributed by atoms with Crippen LogP contribution in [0, 0.1) is 0 Å². The Morgan fingerprint density at radius 1 is 1.11 bits per heavy atom. The SMILES string of the molecule is NC(N)=NCc1ccnc(OCc2ccccc2)c1. The molecule has 1 aromatic carbocycles. The first-order chi connectivity index (χ1) is 9.24. The Morgan fingerprint density at radius 3 is 2.63 bits per heavy atom. The van der Waals surface area contributed by atoms with Crippen molar-refractivity contribution in [2.75, 3.05) is 0 Å². The molecule has 2 aromatic rings. The van der Waals surface area contributed by atoms with Gasteiger partial charge in [-0.1, -0.05) is 30.3 Å². The van der Waals surface area contributed by atoms with Gasteiger partial charge in [0.2, 0.25) is 5.88 Å². The molecule has 0 atom stereocenters. The molecule has 0 saturated carbocycles. The van der Waals surface area contributed by atoms with Gasteiger partial charge in [0.1, 0.15) is 6.61 Å². The van der Waals surface area contributed by atoms with Crippen molar-refractivity contribution in [2.45, 2.75) is 13.2 Å². The van der Waals surface area contributed by atoms with Crippen LogP contribution in [0.3, 0.4) is 0 Å². The first-order valence-electron chi connectivity index (χ1n) is 5.91. The number of aliphatic imine (C=N–C) groups is 1. The molecule has 0 fully saturated rings. The Bertz CT molecular complexity index is 550. The van der Waals surface area contributed by atoms with Crippen LogP contribution < -0.4 is 16.2 Å². The lowest BCUT2D eigenvalue weighted by atomic mass is 10.2. The van der Waals surface area contributed by atoms with Gasteiger partial charge in [0, 0.05) is 12.3 Å². The van der Waals surface area contributed by atoms with Gasteiger partial charge in [0.25, 0.3) is 0 Å². The number of hydrogen-bond donors (Lipinski definition) is 2. The number of rotatable bonds is 5. The van der Waals surface area contributed by atoms with Gasteiger partial charge in [-0.2, -0.15) is 0 Å². The number of benzene rings is 1. The molecule has 2 rings (SSSR count). The van der Waals surface area contributed by atoms with Gasteiger partial charge in [0.15, 0.2) is 5.96 Å². The quantitative estimate of drug-likeness (QED) is 0.626. The fraction of sp³-hybridized carbons (Fsp3) is 0.143. The zero-order valence-corrected chi connectivity index (χ0v) is 10.5. The number of guanidine groups is 1. The first kappa shape index (κ1) is 12.9. The second-order valence-corrected chi connectivity index (χ2v) is 4.02. The van der Waals surface area contributed by atoms with E-state index in [-0.39, 0.29) is 5.96 Å². The van der Waals surface area contributed by atoms with Crippen molar-refractivity contribution in [1.82, 2.24) is 4.98 Å². The smallest absolute Gasteiger partial charge is 0.213 e. The lowest BCUT2D eigenvalue weighted by Crippen LogP contribution is -2.22. The Labute approximate surface area is 111 Å². The Morgan fingerprint density at radius 2 is 1.89 bits per heavy atom. The van der Waals surface area contributed by atoms with Crippen LogP contribution in [0.15, 0.2) is 53.7 Å². The Balaban J connectivity index is 1.97. The van der Waals surface area contributed by atoms with Crippen molar-refractivity contribution >= 4 is 5.96 Å². The minimum absolute atomic E-state index is 0.0727. The fourth-order valence-corrected chi connectivity index (χ4v) is 1.54. The first-order valence-corrected chi connectivity index (χ1v) is 5.91. The van der Waals surface area contributed by atoms with Crippen molar-refractivity contribution in [3.05, 3.63) is 59.8 Å². The molecule has 98 valence electrons. The summed E-state index contributed by atoms with van der Waals surface area (Å²) in [6.07, 6.45) is 1.68. The summed E-state index contributed by atoms with van der Waals surface area (Å²) in [5.41, 5.74) is 12.6. The van der Waals surface area contributed by atoms with Crippen LogP contribution >= 0.6 is 0 Å². The summed E-state index contributed by atoms with van der Waals surface area (Å²) in [6.45, 7) is 0.909. The molecule has 4 N–H and O–H groups in total. The van der Waals surface area contributed by atoms with Crippen LogP contribution in [0.25, 0.3) is 0 Å². The molecule has 0 unspecified atom stereocenters. The number of hydrogen-bond acceptors (Lipinski definition) is 3. The topological polar surface area (TPSA) is 86.5 Å². The van der Waals surface area contributed by atoms with Gasteiger partial charge in [-0.05, 0) is 17.2 Å². The minimum Gasteiger partial charge on any atom is -0.473 e. The van der Waals surface area contributed by atoms with Gasteiger partial charge in [-0.15, -0.1) is 0 Å². The number of nitrogens with zero attached hydrogens (tertiary/aromatic N) is 2. The van der Waals surface area contributed by atoms with Crippen LogP contribution in [-0.4, -0.2) is 10.9 Å². The molecular formula is C14H16N4O. The number of aromatic nitrogens is 1. The van der Waals surface area contributed by atoms with E-state index in [1.165, 1.54) is 0 Å². The number of ether oxygens (including phenoxy) is 1. The van der Waals surface area contributed by atoms with Crippen molar-refractivity contribution in [1.29, 1.82) is 0 Å². The molecule has 1 heterocycles. The van der Waals surface area contributed by atoms with Gasteiger partial charge >= 0.3 is 0 Å². The average molecular weight is 256 g/mol. The highest BCUT2D eigenvalue weighted by Gasteiger charge is 1.99. The predicted molar refractivity (Wildman–Crippen MR) is 74.5 cm³/mol. The van der Waals surface area contributed by atoms with Crippen LogP contribution in [-0.2, 0) is 13.2 Å². The van der Waals surface area contributed by atoms with E-state index in [2.05, 4.69) is 9.98 Å². The van der Waals surface area contributed by atoms with Gasteiger partial charge in [-0.3, -0.25) is 0 Å². The molecule has 1 aromatic heterocycles. The monoisotopic (exact) mass is 256 g/mol. The highest BCUT2D eigenvalue weighted by molar-refractivity contribution is 5.75. The van der Waals surface area contributed by atoms with Crippen molar-refractivity contribution in [3.63, 3.8) is 0 Å². The highest BCUT2D eigenvalue weighted by Crippen LogP contribution is 2.12. The van der Waals surface area contributed by atoms with E-state index in [9.17, 15) is 0 Å². The predicted octanol–water partition coefficient (Wildman–Crippen LogP) is 1.43. The zero-order valence-electron chi connectivity index (χ0n) is 10.5. The Kier molecular flexibility index (Phi) is 4.34. The van der Waals surface area contributed by atoms with E-state index in [1.807, 2.05) is 42.5 Å². The maximum absolute atomic E-state index is 5.62. The molecule has 0 spiro atoms. The molecule has 0 aliphatic heterocycles. The van der Waals surface area contributed by atoms with E-state index in [4.69, 9.17) is 16.2 Å². The summed E-state index contributed by atoms with van der Waals surface area (Å²) in [4.78, 5) is 8.09. The second kappa shape index (κ2) is 6.39. The normalized spacial score (nSPS) is 9.89. The van der Waals surface area contributed by atoms with Crippen LogP contribution in [0.2, 0.25) is 0 Å². The van der Waals surface area contributed by atoms with E-state index in [0.717, 1.165) is 11.1 Å². The van der Waals surface area contributed by atoms with Crippen molar-refractivity contribution in [3.8, 4) is 5.88 Å². The number of pyridine rings is 1. The lowest BCUT2D eigenvalue weighted by molar-refractivity contribution is 0.293. The van der Waals surface area contributed by atoms with Crippen molar-refractivity contribution in [2.24, 2.45) is 16.5 Å². The lowest BCUT2D eigenvalue weighted by Gasteiger charge is -2.06.